The number of phosphoric ester groups is 1. The summed E-state index contributed by atoms with van der Waals surface area (Å²) < 4.78 is 39.5. The normalized spacial score (nSPS) is 13.7. The van der Waals surface area contributed by atoms with E-state index < -0.39 is 57.8 Å². The van der Waals surface area contributed by atoms with E-state index in [0.29, 0.717) is 19.3 Å². The minimum atomic E-state index is -4.75. The van der Waals surface area contributed by atoms with Gasteiger partial charge in [0.25, 0.3) is 0 Å². The van der Waals surface area contributed by atoms with Gasteiger partial charge in [0.1, 0.15) is 12.7 Å². The molecule has 11 nitrogen and oxygen atoms in total. The number of hydrogen-bond acceptors (Lipinski definition) is 10. The second-order valence-corrected chi connectivity index (χ2v) is 20.5. The summed E-state index contributed by atoms with van der Waals surface area (Å²) in [5.41, 5.74) is 0. The lowest BCUT2D eigenvalue weighted by Crippen LogP contribution is -2.30. The molecule has 0 radical (unpaired) electrons. The highest BCUT2D eigenvalue weighted by Gasteiger charge is 2.28. The average molecular weight is 1010 g/mol. The molecule has 0 aliphatic heterocycles. The van der Waals surface area contributed by atoms with Crippen molar-refractivity contribution in [2.24, 2.45) is 0 Å². The highest BCUT2D eigenvalue weighted by Crippen LogP contribution is 2.43. The molecule has 0 amide bonds. The minimum Gasteiger partial charge on any atom is -0.462 e. The van der Waals surface area contributed by atoms with Gasteiger partial charge >= 0.3 is 25.7 Å². The van der Waals surface area contributed by atoms with Crippen LogP contribution in [0, 0.1) is 0 Å². The highest BCUT2D eigenvalue weighted by molar-refractivity contribution is 7.47. The van der Waals surface area contributed by atoms with Crippen molar-refractivity contribution in [2.45, 2.75) is 277 Å². The van der Waals surface area contributed by atoms with Crippen LogP contribution in [0.1, 0.15) is 265 Å². The zero-order chi connectivity index (χ0) is 51.3. The number of carbonyl (C=O) groups is 3. The Hall–Kier alpha value is -2.56. The molecule has 0 aromatic carbocycles. The predicted molar refractivity (Wildman–Crippen MR) is 289 cm³/mol. The zero-order valence-corrected chi connectivity index (χ0v) is 45.9. The minimum absolute atomic E-state index is 0.156. The van der Waals surface area contributed by atoms with E-state index in [1.165, 1.54) is 96.3 Å². The third-order valence-electron chi connectivity index (χ3n) is 12.2. The smallest absolute Gasteiger partial charge is 0.462 e. The molecule has 0 fully saturated rings. The summed E-state index contributed by atoms with van der Waals surface area (Å²) in [6.07, 6.45) is 54.9. The number of rotatable bonds is 53. The van der Waals surface area contributed by atoms with Crippen LogP contribution < -0.4 is 0 Å². The van der Waals surface area contributed by atoms with Crippen molar-refractivity contribution in [1.29, 1.82) is 0 Å². The first-order valence-electron chi connectivity index (χ1n) is 28.5. The van der Waals surface area contributed by atoms with E-state index in [0.717, 1.165) is 109 Å². The summed E-state index contributed by atoms with van der Waals surface area (Å²) in [5.74, 6) is -1.48. The number of ether oxygens (including phenoxy) is 3. The third kappa shape index (κ3) is 50.4. The fourth-order valence-electron chi connectivity index (χ4n) is 7.79. The van der Waals surface area contributed by atoms with Crippen molar-refractivity contribution in [1.82, 2.24) is 0 Å². The molecule has 12 heteroatoms. The first-order chi connectivity index (χ1) is 34.2. The molecule has 0 bridgehead atoms. The number of allylic oxidation sites excluding steroid dienone is 8. The van der Waals surface area contributed by atoms with Gasteiger partial charge in [0.2, 0.25) is 0 Å². The summed E-state index contributed by atoms with van der Waals surface area (Å²) in [6.45, 7) is 4.58. The van der Waals surface area contributed by atoms with Crippen molar-refractivity contribution in [3.63, 3.8) is 0 Å². The molecule has 0 saturated heterocycles. The van der Waals surface area contributed by atoms with E-state index >= 15 is 0 Å². The second kappa shape index (κ2) is 52.8. The molecule has 0 rings (SSSR count). The Morgan fingerprint density at radius 1 is 0.400 bits per heavy atom. The van der Waals surface area contributed by atoms with Crippen LogP contribution in [0.4, 0.5) is 0 Å². The van der Waals surface area contributed by atoms with Crippen molar-refractivity contribution in [2.75, 3.05) is 26.4 Å². The zero-order valence-electron chi connectivity index (χ0n) is 45.0. The summed E-state index contributed by atoms with van der Waals surface area (Å²) in [5, 5.41) is 9.79. The SMILES string of the molecule is CCCCC/C=C\C/C=C\CCCCCCCCCC(=O)OCC(COP(=O)(O)OCC(CO)OC(=O)CCCCCCC/C=C\CCCCCC)OC(=O)CCCCCCC/C=C\CCCCCC. The van der Waals surface area contributed by atoms with Gasteiger partial charge in [-0.3, -0.25) is 23.4 Å². The van der Waals surface area contributed by atoms with E-state index in [1.807, 2.05) is 0 Å². The number of phosphoric acid groups is 1. The first-order valence-corrected chi connectivity index (χ1v) is 30.0. The molecule has 0 aromatic rings. The lowest BCUT2D eigenvalue weighted by molar-refractivity contribution is -0.161. The van der Waals surface area contributed by atoms with E-state index in [9.17, 15) is 28.9 Å². The lowest BCUT2D eigenvalue weighted by Gasteiger charge is -2.21. The Morgan fingerprint density at radius 2 is 0.700 bits per heavy atom. The molecule has 3 atom stereocenters. The van der Waals surface area contributed by atoms with E-state index in [1.54, 1.807) is 0 Å². The molecule has 2 N–H and O–H groups in total. The molecule has 408 valence electrons. The second-order valence-electron chi connectivity index (χ2n) is 19.1. The molecule has 0 heterocycles. The number of carbonyl (C=O) groups excluding carboxylic acids is 3. The van der Waals surface area contributed by atoms with Crippen LogP contribution in [-0.4, -0.2) is 66.5 Å². The van der Waals surface area contributed by atoms with Gasteiger partial charge in [-0.2, -0.15) is 0 Å². The van der Waals surface area contributed by atoms with E-state index in [4.69, 9.17) is 23.3 Å². The number of aliphatic hydroxyl groups is 1. The molecular weight excluding hydrogens is 904 g/mol. The maximum atomic E-state index is 12.9. The Morgan fingerprint density at radius 3 is 1.10 bits per heavy atom. The van der Waals surface area contributed by atoms with Crippen molar-refractivity contribution < 1.29 is 52.2 Å². The summed E-state index contributed by atoms with van der Waals surface area (Å²) in [7, 11) is -4.75. The number of esters is 3. The number of hydrogen-bond donors (Lipinski definition) is 2. The van der Waals surface area contributed by atoms with Crippen LogP contribution in [0.2, 0.25) is 0 Å². The van der Waals surface area contributed by atoms with Gasteiger partial charge in [0.15, 0.2) is 6.10 Å². The maximum Gasteiger partial charge on any atom is 0.472 e. The average Bonchev–Trinajstić information content (AvgIpc) is 3.35. The van der Waals surface area contributed by atoms with Gasteiger partial charge in [-0.05, 0) is 103 Å². The van der Waals surface area contributed by atoms with Crippen LogP contribution in [0.25, 0.3) is 0 Å². The van der Waals surface area contributed by atoms with E-state index in [2.05, 4.69) is 69.4 Å². The van der Waals surface area contributed by atoms with Crippen LogP contribution >= 0.6 is 7.82 Å². The van der Waals surface area contributed by atoms with Gasteiger partial charge in [-0.25, -0.2) is 4.57 Å². The van der Waals surface area contributed by atoms with Gasteiger partial charge in [-0.15, -0.1) is 0 Å². The summed E-state index contributed by atoms with van der Waals surface area (Å²) in [6, 6.07) is 0. The molecule has 0 spiro atoms. The van der Waals surface area contributed by atoms with Crippen LogP contribution in [0.15, 0.2) is 48.6 Å². The number of aliphatic hydroxyl groups excluding tert-OH is 1. The fraction of sp³-hybridized carbons (Fsp3) is 0.810. The van der Waals surface area contributed by atoms with Gasteiger partial charge in [0, 0.05) is 19.3 Å². The first kappa shape index (κ1) is 67.4. The highest BCUT2D eigenvalue weighted by atomic mass is 31.2. The van der Waals surface area contributed by atoms with Gasteiger partial charge in [-0.1, -0.05) is 191 Å². The van der Waals surface area contributed by atoms with Crippen LogP contribution in [0.5, 0.6) is 0 Å². The Bertz CT molecular complexity index is 1360. The topological polar surface area (TPSA) is 155 Å². The molecule has 0 saturated carbocycles. The predicted octanol–water partition coefficient (Wildman–Crippen LogP) is 16.6. The Balaban J connectivity index is 4.72. The molecule has 70 heavy (non-hydrogen) atoms. The standard InChI is InChI=1S/C58H105O11P/c1-4-7-10-13-16-19-22-25-26-27-28-31-32-35-38-41-44-47-56(60)65-51-55(69-58(62)49-46-43-40-37-34-30-24-21-18-15-12-9-6-3)53-67-70(63,64)66-52-54(50-59)68-57(61)48-45-42-39-36-33-29-23-20-17-14-11-8-5-2/h16,19-21,23-26,54-55,59H,4-15,17-18,22,27-53H2,1-3H3,(H,63,64)/b19-16-,23-20-,24-21-,26-25-. The largest absolute Gasteiger partial charge is 0.472 e. The van der Waals surface area contributed by atoms with Crippen molar-refractivity contribution >= 4 is 25.7 Å². The van der Waals surface area contributed by atoms with Gasteiger partial charge < -0.3 is 24.2 Å². The molecular formula is C58H105O11P. The number of unbranched alkanes of at least 4 members (excludes halogenated alkanes) is 28. The van der Waals surface area contributed by atoms with Crippen molar-refractivity contribution in [3.8, 4) is 0 Å². The van der Waals surface area contributed by atoms with Gasteiger partial charge in [0.05, 0.1) is 19.8 Å². The Kier molecular flexibility index (Phi) is 50.8. The third-order valence-corrected chi connectivity index (χ3v) is 13.1. The molecule has 0 aromatic heterocycles. The van der Waals surface area contributed by atoms with Crippen LogP contribution in [0.3, 0.4) is 0 Å². The Labute approximate surface area is 428 Å². The van der Waals surface area contributed by atoms with Crippen molar-refractivity contribution in [3.05, 3.63) is 48.6 Å². The lowest BCUT2D eigenvalue weighted by atomic mass is 10.1. The monoisotopic (exact) mass is 1010 g/mol. The molecule has 0 aliphatic carbocycles. The summed E-state index contributed by atoms with van der Waals surface area (Å²) >= 11 is 0. The quantitative estimate of drug-likeness (QED) is 0.0197. The molecule has 3 unspecified atom stereocenters. The molecule has 0 aliphatic rings. The fourth-order valence-corrected chi connectivity index (χ4v) is 8.57. The maximum absolute atomic E-state index is 12.9. The van der Waals surface area contributed by atoms with E-state index in [-0.39, 0.29) is 25.9 Å². The van der Waals surface area contributed by atoms with Crippen LogP contribution in [-0.2, 0) is 42.2 Å². The summed E-state index contributed by atoms with van der Waals surface area (Å²) in [4.78, 5) is 48.5.